The summed E-state index contributed by atoms with van der Waals surface area (Å²) < 4.78 is 5.57. The number of carbonyl (C=O) groups excluding carboxylic acids is 2. The van der Waals surface area contributed by atoms with E-state index < -0.39 is 0 Å². The Morgan fingerprint density at radius 1 is 0.964 bits per heavy atom. The molecule has 0 aliphatic heterocycles. The highest BCUT2D eigenvalue weighted by molar-refractivity contribution is 7.09. The molecule has 140 valence electrons. The molecule has 2 aromatic heterocycles. The van der Waals surface area contributed by atoms with Crippen LogP contribution in [0.5, 0.6) is 0 Å². The number of hydrogen-bond donors (Lipinski definition) is 2. The van der Waals surface area contributed by atoms with Crippen LogP contribution in [-0.2, 0) is 17.8 Å². The molecule has 2 N–H and O–H groups in total. The Morgan fingerprint density at radius 2 is 1.79 bits per heavy atom. The first-order valence-corrected chi connectivity index (χ1v) is 9.73. The second kappa shape index (κ2) is 8.10. The largest absolute Gasteiger partial charge is 0.451 e. The molecule has 28 heavy (non-hydrogen) atoms. The number of fused-ring (bicyclic) bond motifs is 1. The number of rotatable bonds is 6. The first kappa shape index (κ1) is 18.0. The van der Waals surface area contributed by atoms with Crippen molar-refractivity contribution in [1.29, 1.82) is 0 Å². The average Bonchev–Trinajstić information content (AvgIpc) is 3.37. The zero-order chi connectivity index (χ0) is 19.3. The van der Waals surface area contributed by atoms with Gasteiger partial charge in [-0.25, -0.2) is 0 Å². The fourth-order valence-corrected chi connectivity index (χ4v) is 3.48. The summed E-state index contributed by atoms with van der Waals surface area (Å²) in [6.07, 6.45) is 0.295. The minimum atomic E-state index is -0.308. The molecule has 2 aromatic carbocycles. The number of para-hydroxylation sites is 1. The lowest BCUT2D eigenvalue weighted by Gasteiger charge is -2.06. The van der Waals surface area contributed by atoms with Crippen molar-refractivity contribution in [2.75, 3.05) is 5.32 Å². The van der Waals surface area contributed by atoms with Gasteiger partial charge in [-0.05, 0) is 41.3 Å². The Kier molecular flexibility index (Phi) is 5.21. The molecule has 0 unspecified atom stereocenters. The van der Waals surface area contributed by atoms with Crippen LogP contribution in [0.3, 0.4) is 0 Å². The number of hydrogen-bond acceptors (Lipinski definition) is 4. The number of carbonyl (C=O) groups is 2. The van der Waals surface area contributed by atoms with Crippen molar-refractivity contribution in [3.63, 3.8) is 0 Å². The number of thiophene rings is 1. The van der Waals surface area contributed by atoms with Gasteiger partial charge >= 0.3 is 0 Å². The number of benzene rings is 2. The zero-order valence-corrected chi connectivity index (χ0v) is 15.8. The Morgan fingerprint density at radius 3 is 2.54 bits per heavy atom. The molecule has 0 radical (unpaired) electrons. The molecule has 5 nitrogen and oxygen atoms in total. The summed E-state index contributed by atoms with van der Waals surface area (Å²) in [7, 11) is 0. The van der Waals surface area contributed by atoms with E-state index in [9.17, 15) is 9.59 Å². The van der Waals surface area contributed by atoms with Gasteiger partial charge in [0.2, 0.25) is 5.91 Å². The van der Waals surface area contributed by atoms with Crippen LogP contribution < -0.4 is 10.6 Å². The minimum Gasteiger partial charge on any atom is -0.451 e. The van der Waals surface area contributed by atoms with E-state index >= 15 is 0 Å². The van der Waals surface area contributed by atoms with Gasteiger partial charge < -0.3 is 15.1 Å². The maximum atomic E-state index is 12.4. The van der Waals surface area contributed by atoms with E-state index in [1.54, 1.807) is 29.5 Å². The van der Waals surface area contributed by atoms with Crippen LogP contribution in [0.4, 0.5) is 5.69 Å². The van der Waals surface area contributed by atoms with Gasteiger partial charge in [-0.3, -0.25) is 9.59 Å². The summed E-state index contributed by atoms with van der Waals surface area (Å²) in [5, 5.41) is 8.59. The second-order valence-corrected chi connectivity index (χ2v) is 7.36. The summed E-state index contributed by atoms with van der Waals surface area (Å²) in [6, 6.07) is 20.4. The van der Waals surface area contributed by atoms with E-state index in [1.165, 1.54) is 0 Å². The smallest absolute Gasteiger partial charge is 0.291 e. The summed E-state index contributed by atoms with van der Waals surface area (Å²) in [4.78, 5) is 25.6. The first-order chi connectivity index (χ1) is 13.7. The van der Waals surface area contributed by atoms with Crippen molar-refractivity contribution < 1.29 is 14.0 Å². The van der Waals surface area contributed by atoms with E-state index in [2.05, 4.69) is 10.6 Å². The maximum Gasteiger partial charge on any atom is 0.291 e. The minimum absolute atomic E-state index is 0.0348. The van der Waals surface area contributed by atoms with Gasteiger partial charge in [0.05, 0.1) is 13.0 Å². The van der Waals surface area contributed by atoms with E-state index in [0.717, 1.165) is 15.8 Å². The van der Waals surface area contributed by atoms with Crippen molar-refractivity contribution in [2.45, 2.75) is 13.0 Å². The molecule has 0 saturated heterocycles. The van der Waals surface area contributed by atoms with E-state index in [0.29, 0.717) is 24.2 Å². The molecule has 0 atom stereocenters. The first-order valence-electron chi connectivity index (χ1n) is 8.85. The molecule has 2 heterocycles. The molecule has 0 aliphatic carbocycles. The van der Waals surface area contributed by atoms with Gasteiger partial charge in [-0.1, -0.05) is 36.4 Å². The molecule has 6 heteroatoms. The maximum absolute atomic E-state index is 12.4. The van der Waals surface area contributed by atoms with Gasteiger partial charge in [0.15, 0.2) is 5.76 Å². The van der Waals surface area contributed by atoms with Crippen LogP contribution in [0.15, 0.2) is 76.5 Å². The second-order valence-electron chi connectivity index (χ2n) is 6.33. The predicted octanol–water partition coefficient (Wildman–Crippen LogP) is 4.61. The third kappa shape index (κ3) is 4.29. The Bertz CT molecular complexity index is 1070. The van der Waals surface area contributed by atoms with Gasteiger partial charge in [0.25, 0.3) is 5.91 Å². The van der Waals surface area contributed by atoms with Crippen LogP contribution in [0, 0.1) is 0 Å². The fourth-order valence-electron chi connectivity index (χ4n) is 2.84. The van der Waals surface area contributed by atoms with Crippen LogP contribution >= 0.6 is 11.3 Å². The van der Waals surface area contributed by atoms with Crippen LogP contribution in [0.1, 0.15) is 21.0 Å². The number of furan rings is 1. The Balaban J connectivity index is 1.33. The lowest BCUT2D eigenvalue weighted by molar-refractivity contribution is -0.120. The van der Waals surface area contributed by atoms with Crippen molar-refractivity contribution >= 4 is 39.8 Å². The number of anilines is 1. The normalized spacial score (nSPS) is 10.7. The van der Waals surface area contributed by atoms with Gasteiger partial charge in [-0.15, -0.1) is 11.3 Å². The Hall–Kier alpha value is -3.38. The highest BCUT2D eigenvalue weighted by atomic mass is 32.1. The molecule has 2 amide bonds. The van der Waals surface area contributed by atoms with Crippen LogP contribution in [-0.4, -0.2) is 11.8 Å². The molecule has 4 aromatic rings. The van der Waals surface area contributed by atoms with Crippen molar-refractivity contribution in [3.05, 3.63) is 88.3 Å². The van der Waals surface area contributed by atoms with Gasteiger partial charge in [0, 0.05) is 16.0 Å². The van der Waals surface area contributed by atoms with Crippen molar-refractivity contribution in [1.82, 2.24) is 5.32 Å². The summed E-state index contributed by atoms with van der Waals surface area (Å²) in [5.74, 6) is -0.0802. The lowest BCUT2D eigenvalue weighted by Crippen LogP contribution is -2.24. The predicted molar refractivity (Wildman–Crippen MR) is 110 cm³/mol. The SMILES string of the molecule is O=C(Cc1ccc(NC(=O)c2cc3ccccc3o2)cc1)NCc1cccs1. The van der Waals surface area contributed by atoms with Gasteiger partial charge in [-0.2, -0.15) is 0 Å². The zero-order valence-electron chi connectivity index (χ0n) is 15.0. The third-order valence-corrected chi connectivity index (χ3v) is 5.14. The number of amides is 2. The Labute approximate surface area is 166 Å². The highest BCUT2D eigenvalue weighted by Gasteiger charge is 2.12. The molecular weight excluding hydrogens is 372 g/mol. The molecule has 0 bridgehead atoms. The molecule has 4 rings (SSSR count). The lowest BCUT2D eigenvalue weighted by atomic mass is 10.1. The quantitative estimate of drug-likeness (QED) is 0.505. The molecule has 0 saturated carbocycles. The van der Waals surface area contributed by atoms with Crippen molar-refractivity contribution in [2.24, 2.45) is 0 Å². The van der Waals surface area contributed by atoms with E-state index in [4.69, 9.17) is 4.42 Å². The summed E-state index contributed by atoms with van der Waals surface area (Å²) in [6.45, 7) is 0.544. The average molecular weight is 390 g/mol. The van der Waals surface area contributed by atoms with Crippen molar-refractivity contribution in [3.8, 4) is 0 Å². The highest BCUT2D eigenvalue weighted by Crippen LogP contribution is 2.20. The molecule has 0 aliphatic rings. The van der Waals surface area contributed by atoms with E-state index in [-0.39, 0.29) is 17.6 Å². The van der Waals surface area contributed by atoms with E-state index in [1.807, 2.05) is 53.9 Å². The standard InChI is InChI=1S/C22H18N2O3S/c25-21(23-14-18-5-3-11-28-18)12-15-7-9-17(10-8-15)24-22(26)20-13-16-4-1-2-6-19(16)27-20/h1-11,13H,12,14H2,(H,23,25)(H,24,26). The summed E-state index contributed by atoms with van der Waals surface area (Å²) in [5.41, 5.74) is 2.20. The monoisotopic (exact) mass is 390 g/mol. The molecule has 0 fully saturated rings. The number of nitrogens with one attached hydrogen (secondary N) is 2. The van der Waals surface area contributed by atoms with Crippen LogP contribution in [0.25, 0.3) is 11.0 Å². The topological polar surface area (TPSA) is 71.3 Å². The van der Waals surface area contributed by atoms with Crippen LogP contribution in [0.2, 0.25) is 0 Å². The molecular formula is C22H18N2O3S. The molecule has 0 spiro atoms. The third-order valence-electron chi connectivity index (χ3n) is 4.27. The summed E-state index contributed by atoms with van der Waals surface area (Å²) >= 11 is 1.62. The fraction of sp³-hybridized carbons (Fsp3) is 0.0909. The van der Waals surface area contributed by atoms with Gasteiger partial charge in [0.1, 0.15) is 5.58 Å².